The zero-order valence-corrected chi connectivity index (χ0v) is 10.3. The van der Waals surface area contributed by atoms with Gasteiger partial charge in [-0.3, -0.25) is 4.74 Å². The van der Waals surface area contributed by atoms with Gasteiger partial charge in [-0.25, -0.2) is 4.39 Å². The average molecular weight is 372 g/mol. The van der Waals surface area contributed by atoms with Crippen molar-refractivity contribution < 1.29 is 62.2 Å². The molecule has 1 atom stereocenters. The lowest BCUT2D eigenvalue weighted by molar-refractivity contribution is -0.493. The highest BCUT2D eigenvalue weighted by molar-refractivity contribution is 5.00. The van der Waals surface area contributed by atoms with Crippen LogP contribution in [-0.4, -0.2) is 30.4 Å². The third-order valence-corrected chi connectivity index (χ3v) is 1.89. The molecule has 0 radical (unpaired) electrons. The number of halogens is 12. The summed E-state index contributed by atoms with van der Waals surface area (Å²) in [5.41, 5.74) is 0. The third-order valence-electron chi connectivity index (χ3n) is 1.89. The fraction of sp³-hybridized carbons (Fsp3) is 0.556. The Bertz CT molecular complexity index is 476. The summed E-state index contributed by atoms with van der Waals surface area (Å²) in [6, 6.07) is 0. The Labute approximate surface area is 118 Å². The summed E-state index contributed by atoms with van der Waals surface area (Å²) in [5, 5.41) is 0. The fourth-order valence-corrected chi connectivity index (χ4v) is 0.793. The van der Waals surface area contributed by atoms with Crippen LogP contribution < -0.4 is 0 Å². The fourth-order valence-electron chi connectivity index (χ4n) is 0.793. The standard InChI is InChI=1S/C9H4F12O2/c1-3(10)6(14,15)23-7(16,8(17,18)19)9(20,21)22-4(2)5(11,12)13/h1-2H2. The van der Waals surface area contributed by atoms with Gasteiger partial charge in [0.15, 0.2) is 11.6 Å². The Kier molecular flexibility index (Phi) is 5.39. The maximum Gasteiger partial charge on any atom is 0.469 e. The van der Waals surface area contributed by atoms with Crippen LogP contribution in [0.1, 0.15) is 0 Å². The lowest BCUT2D eigenvalue weighted by Gasteiger charge is -2.35. The van der Waals surface area contributed by atoms with Gasteiger partial charge in [0, 0.05) is 0 Å². The van der Waals surface area contributed by atoms with Gasteiger partial charge < -0.3 is 4.74 Å². The molecule has 0 aliphatic rings. The predicted molar refractivity (Wildman–Crippen MR) is 47.4 cm³/mol. The minimum Gasteiger partial charge on any atom is -0.423 e. The van der Waals surface area contributed by atoms with Crippen molar-refractivity contribution in [1.82, 2.24) is 0 Å². The molecule has 0 heterocycles. The van der Waals surface area contributed by atoms with E-state index in [4.69, 9.17) is 0 Å². The molecule has 136 valence electrons. The molecule has 1 unspecified atom stereocenters. The van der Waals surface area contributed by atoms with Crippen LogP contribution in [0.4, 0.5) is 52.7 Å². The lowest BCUT2D eigenvalue weighted by Crippen LogP contribution is -2.61. The summed E-state index contributed by atoms with van der Waals surface area (Å²) in [5.74, 6) is -13.1. The largest absolute Gasteiger partial charge is 0.469 e. The van der Waals surface area contributed by atoms with E-state index in [1.165, 1.54) is 0 Å². The van der Waals surface area contributed by atoms with E-state index in [0.717, 1.165) is 0 Å². The van der Waals surface area contributed by atoms with E-state index in [-0.39, 0.29) is 0 Å². The smallest absolute Gasteiger partial charge is 0.423 e. The van der Waals surface area contributed by atoms with Crippen LogP contribution in [0.15, 0.2) is 24.7 Å². The van der Waals surface area contributed by atoms with Crippen molar-refractivity contribution in [2.75, 3.05) is 0 Å². The first kappa shape index (κ1) is 21.4. The second kappa shape index (κ2) is 5.79. The minimum atomic E-state index is -7.07. The van der Waals surface area contributed by atoms with Gasteiger partial charge in [0.25, 0.3) is 0 Å². The van der Waals surface area contributed by atoms with Gasteiger partial charge in [0.1, 0.15) is 0 Å². The number of hydrogen-bond acceptors (Lipinski definition) is 2. The molecule has 0 aliphatic heterocycles. The Morgan fingerprint density at radius 3 is 1.39 bits per heavy atom. The first-order valence-corrected chi connectivity index (χ1v) is 4.79. The van der Waals surface area contributed by atoms with E-state index in [9.17, 15) is 52.7 Å². The highest BCUT2D eigenvalue weighted by Crippen LogP contribution is 2.51. The molecule has 0 aliphatic carbocycles. The molecule has 23 heavy (non-hydrogen) atoms. The van der Waals surface area contributed by atoms with Crippen LogP contribution in [0.5, 0.6) is 0 Å². The van der Waals surface area contributed by atoms with Gasteiger partial charge in [0.05, 0.1) is 0 Å². The highest BCUT2D eigenvalue weighted by Gasteiger charge is 2.79. The summed E-state index contributed by atoms with van der Waals surface area (Å²) in [6.45, 7) is 3.46. The molecule has 0 amide bonds. The SMILES string of the molecule is C=C(OC(F)(F)C(F)(OC(F)(F)C(=C)F)C(F)(F)F)C(F)(F)F. The lowest BCUT2D eigenvalue weighted by atomic mass is 10.2. The molecular weight excluding hydrogens is 368 g/mol. The topological polar surface area (TPSA) is 18.5 Å². The Hall–Kier alpha value is -1.60. The van der Waals surface area contributed by atoms with E-state index in [1.807, 2.05) is 4.74 Å². The number of alkyl halides is 11. The summed E-state index contributed by atoms with van der Waals surface area (Å²) in [7, 11) is 0. The predicted octanol–water partition coefficient (Wildman–Crippen LogP) is 4.99. The second-order valence-electron chi connectivity index (χ2n) is 3.66. The molecule has 0 aromatic carbocycles. The van der Waals surface area contributed by atoms with Crippen LogP contribution in [0.25, 0.3) is 0 Å². The Balaban J connectivity index is 5.90. The number of hydrogen-bond donors (Lipinski definition) is 0. The maximum atomic E-state index is 13.4. The van der Waals surface area contributed by atoms with Crippen LogP contribution in [-0.2, 0) is 9.47 Å². The summed E-state index contributed by atoms with van der Waals surface area (Å²) in [4.78, 5) is 0. The van der Waals surface area contributed by atoms with Crippen LogP contribution >= 0.6 is 0 Å². The number of allylic oxidation sites excluding steroid dienone is 1. The number of rotatable bonds is 6. The Morgan fingerprint density at radius 2 is 1.13 bits per heavy atom. The number of ether oxygens (including phenoxy) is 2. The molecule has 0 aromatic rings. The molecule has 14 heteroatoms. The third kappa shape index (κ3) is 4.45. The molecular formula is C9H4F12O2. The van der Waals surface area contributed by atoms with Gasteiger partial charge in [-0.05, 0) is 0 Å². The normalized spacial score (nSPS) is 16.7. The van der Waals surface area contributed by atoms with Crippen molar-refractivity contribution in [1.29, 1.82) is 0 Å². The quantitative estimate of drug-likeness (QED) is 0.483. The second-order valence-corrected chi connectivity index (χ2v) is 3.66. The van der Waals surface area contributed by atoms with E-state index in [0.29, 0.717) is 0 Å². The van der Waals surface area contributed by atoms with Crippen molar-refractivity contribution >= 4 is 0 Å². The molecule has 0 aromatic heterocycles. The molecule has 0 spiro atoms. The van der Waals surface area contributed by atoms with Crippen molar-refractivity contribution in [3.05, 3.63) is 24.7 Å². The van der Waals surface area contributed by atoms with Gasteiger partial charge in [-0.15, -0.1) is 0 Å². The highest BCUT2D eigenvalue weighted by atomic mass is 19.4. The Morgan fingerprint density at radius 1 is 0.739 bits per heavy atom. The molecule has 0 N–H and O–H groups in total. The van der Waals surface area contributed by atoms with Crippen LogP contribution in [0.3, 0.4) is 0 Å². The van der Waals surface area contributed by atoms with Crippen molar-refractivity contribution in [3.63, 3.8) is 0 Å². The molecule has 0 saturated carbocycles. The van der Waals surface area contributed by atoms with Gasteiger partial charge in [-0.2, -0.15) is 48.3 Å². The van der Waals surface area contributed by atoms with Gasteiger partial charge in [-0.1, -0.05) is 13.2 Å². The minimum absolute atomic E-state index is 1.72. The van der Waals surface area contributed by atoms with Gasteiger partial charge in [0.2, 0.25) is 0 Å². The first-order chi connectivity index (χ1) is 9.78. The van der Waals surface area contributed by atoms with E-state index >= 15 is 0 Å². The van der Waals surface area contributed by atoms with E-state index < -0.39 is 42.0 Å². The van der Waals surface area contributed by atoms with Crippen LogP contribution in [0.2, 0.25) is 0 Å². The molecule has 0 saturated heterocycles. The van der Waals surface area contributed by atoms with E-state index in [2.05, 4.69) is 4.74 Å². The monoisotopic (exact) mass is 372 g/mol. The average Bonchev–Trinajstić information content (AvgIpc) is 2.24. The summed E-state index contributed by atoms with van der Waals surface area (Å²) < 4.78 is 154. The molecule has 2 nitrogen and oxygen atoms in total. The van der Waals surface area contributed by atoms with Gasteiger partial charge >= 0.3 is 30.4 Å². The summed E-state index contributed by atoms with van der Waals surface area (Å²) in [6.07, 6.45) is -25.6. The van der Waals surface area contributed by atoms with Crippen molar-refractivity contribution in [3.8, 4) is 0 Å². The van der Waals surface area contributed by atoms with Crippen LogP contribution in [0, 0.1) is 0 Å². The zero-order valence-electron chi connectivity index (χ0n) is 10.3. The molecule has 0 fully saturated rings. The first-order valence-electron chi connectivity index (χ1n) is 4.79. The van der Waals surface area contributed by atoms with Crippen molar-refractivity contribution in [2.45, 2.75) is 30.4 Å². The zero-order chi connectivity index (χ0) is 19.1. The summed E-state index contributed by atoms with van der Waals surface area (Å²) >= 11 is 0. The van der Waals surface area contributed by atoms with E-state index in [1.54, 1.807) is 13.2 Å². The maximum absolute atomic E-state index is 13.4. The molecule has 0 bridgehead atoms. The van der Waals surface area contributed by atoms with Crippen molar-refractivity contribution in [2.24, 2.45) is 0 Å². The molecule has 0 rings (SSSR count).